The molecule has 32 heavy (non-hydrogen) atoms. The number of hydrogen-bond donors (Lipinski definition) is 3. The summed E-state index contributed by atoms with van der Waals surface area (Å²) < 4.78 is 44.8. The first-order valence-corrected chi connectivity index (χ1v) is 10.5. The van der Waals surface area contributed by atoms with E-state index < -0.39 is 12.1 Å². The predicted molar refractivity (Wildman–Crippen MR) is 112 cm³/mol. The standard InChI is InChI=1S/C20H30FN3O.C2HF3O2/c1-19(2)11-17(12-20(3,4)23-19)22-18(25)24-10-9-15(13-24)14-5-7-16(21)8-6-14;3-2(4,5)1(6)7/h5-8,15,17,23H,9-13H2,1-4H3,(H,22,25);(H,6,7). The Hall–Kier alpha value is -2.36. The Bertz CT molecular complexity index is 794. The number of carbonyl (C=O) groups excluding carboxylic acids is 1. The van der Waals surface area contributed by atoms with Crippen molar-refractivity contribution in [2.24, 2.45) is 0 Å². The van der Waals surface area contributed by atoms with Crippen LogP contribution in [-0.4, -0.2) is 58.4 Å². The van der Waals surface area contributed by atoms with Crippen LogP contribution in [0.1, 0.15) is 58.4 Å². The first-order valence-electron chi connectivity index (χ1n) is 10.5. The Labute approximate surface area is 185 Å². The number of carbonyl (C=O) groups is 2. The fourth-order valence-corrected chi connectivity index (χ4v) is 4.64. The molecule has 1 aromatic carbocycles. The van der Waals surface area contributed by atoms with Gasteiger partial charge in [0.2, 0.25) is 0 Å². The highest BCUT2D eigenvalue weighted by Gasteiger charge is 2.39. The van der Waals surface area contributed by atoms with Crippen LogP contribution in [0.5, 0.6) is 0 Å². The zero-order valence-corrected chi connectivity index (χ0v) is 18.7. The smallest absolute Gasteiger partial charge is 0.475 e. The van der Waals surface area contributed by atoms with Crippen molar-refractivity contribution in [3.8, 4) is 0 Å². The topological polar surface area (TPSA) is 81.7 Å². The van der Waals surface area contributed by atoms with Crippen LogP contribution in [0.4, 0.5) is 22.4 Å². The average Bonchev–Trinajstić information content (AvgIpc) is 3.09. The van der Waals surface area contributed by atoms with Gasteiger partial charge < -0.3 is 20.6 Å². The van der Waals surface area contributed by atoms with Gasteiger partial charge in [0.25, 0.3) is 0 Å². The van der Waals surface area contributed by atoms with Crippen molar-refractivity contribution in [2.45, 2.75) is 76.2 Å². The lowest BCUT2D eigenvalue weighted by molar-refractivity contribution is -0.192. The van der Waals surface area contributed by atoms with Gasteiger partial charge in [-0.2, -0.15) is 13.2 Å². The number of urea groups is 1. The number of carboxylic acid groups (broad SMARTS) is 1. The third-order valence-electron chi connectivity index (χ3n) is 5.58. The van der Waals surface area contributed by atoms with Crippen LogP contribution in [0.25, 0.3) is 0 Å². The number of halogens is 4. The molecule has 6 nitrogen and oxygen atoms in total. The number of hydrogen-bond acceptors (Lipinski definition) is 3. The first kappa shape index (κ1) is 25.9. The molecule has 3 rings (SSSR count). The van der Waals surface area contributed by atoms with Crippen LogP contribution < -0.4 is 10.6 Å². The highest BCUT2D eigenvalue weighted by atomic mass is 19.4. The van der Waals surface area contributed by atoms with Gasteiger partial charge in [-0.05, 0) is 64.7 Å². The van der Waals surface area contributed by atoms with E-state index in [-0.39, 0.29) is 29.0 Å². The van der Waals surface area contributed by atoms with E-state index in [1.165, 1.54) is 12.1 Å². The summed E-state index contributed by atoms with van der Waals surface area (Å²) >= 11 is 0. The number of nitrogens with zero attached hydrogens (tertiary/aromatic N) is 1. The molecule has 0 saturated carbocycles. The molecular weight excluding hydrogens is 430 g/mol. The lowest BCUT2D eigenvalue weighted by atomic mass is 9.80. The number of alkyl halides is 3. The van der Waals surface area contributed by atoms with Crippen LogP contribution in [0.2, 0.25) is 0 Å². The van der Waals surface area contributed by atoms with Gasteiger partial charge in [0, 0.05) is 36.1 Å². The minimum atomic E-state index is -5.08. The van der Waals surface area contributed by atoms with Gasteiger partial charge in [0.1, 0.15) is 5.82 Å². The van der Waals surface area contributed by atoms with Gasteiger partial charge in [-0.3, -0.25) is 0 Å². The normalized spacial score (nSPS) is 22.6. The summed E-state index contributed by atoms with van der Waals surface area (Å²) in [5, 5.41) is 14.0. The molecule has 2 aliphatic rings. The fraction of sp³-hybridized carbons (Fsp3) is 0.636. The molecule has 2 saturated heterocycles. The van der Waals surface area contributed by atoms with Crippen molar-refractivity contribution in [1.82, 2.24) is 15.5 Å². The largest absolute Gasteiger partial charge is 0.490 e. The molecule has 0 spiro atoms. The van der Waals surface area contributed by atoms with Gasteiger partial charge in [-0.15, -0.1) is 0 Å². The number of carboxylic acids is 1. The zero-order chi connectivity index (χ0) is 24.3. The minimum Gasteiger partial charge on any atom is -0.475 e. The summed E-state index contributed by atoms with van der Waals surface area (Å²) in [4.78, 5) is 23.5. The molecule has 0 bridgehead atoms. The average molecular weight is 462 g/mol. The van der Waals surface area contributed by atoms with Crippen molar-refractivity contribution in [2.75, 3.05) is 13.1 Å². The van der Waals surface area contributed by atoms with E-state index >= 15 is 0 Å². The molecule has 0 radical (unpaired) electrons. The van der Waals surface area contributed by atoms with Crippen molar-refractivity contribution in [3.05, 3.63) is 35.6 Å². The molecule has 0 aromatic heterocycles. The number of aliphatic carboxylic acids is 1. The van der Waals surface area contributed by atoms with E-state index in [4.69, 9.17) is 9.90 Å². The molecule has 1 unspecified atom stereocenters. The zero-order valence-electron chi connectivity index (χ0n) is 18.7. The van der Waals surface area contributed by atoms with Gasteiger partial charge in [0.05, 0.1) is 0 Å². The summed E-state index contributed by atoms with van der Waals surface area (Å²) in [7, 11) is 0. The van der Waals surface area contributed by atoms with Crippen LogP contribution in [0.3, 0.4) is 0 Å². The van der Waals surface area contributed by atoms with Crippen LogP contribution in [0.15, 0.2) is 24.3 Å². The minimum absolute atomic E-state index is 0.0152. The summed E-state index contributed by atoms with van der Waals surface area (Å²) in [6.45, 7) is 10.2. The van der Waals surface area contributed by atoms with Gasteiger partial charge >= 0.3 is 18.2 Å². The molecular formula is C22H31F4N3O3. The van der Waals surface area contributed by atoms with Gasteiger partial charge in [-0.25, -0.2) is 14.0 Å². The fourth-order valence-electron chi connectivity index (χ4n) is 4.64. The molecule has 0 aliphatic carbocycles. The van der Waals surface area contributed by atoms with E-state index in [2.05, 4.69) is 38.3 Å². The van der Waals surface area contributed by atoms with E-state index in [1.807, 2.05) is 17.0 Å². The molecule has 180 valence electrons. The quantitative estimate of drug-likeness (QED) is 0.575. The monoisotopic (exact) mass is 461 g/mol. The second-order valence-corrected chi connectivity index (χ2v) is 9.73. The maximum atomic E-state index is 13.1. The highest BCUT2D eigenvalue weighted by Crippen LogP contribution is 2.30. The summed E-state index contributed by atoms with van der Waals surface area (Å²) in [5.74, 6) is -2.67. The number of piperidine rings is 1. The Kier molecular flexibility index (Phi) is 7.80. The van der Waals surface area contributed by atoms with Crippen molar-refractivity contribution in [3.63, 3.8) is 0 Å². The number of benzene rings is 1. The van der Waals surface area contributed by atoms with E-state index in [0.717, 1.165) is 31.4 Å². The molecule has 3 N–H and O–H groups in total. The van der Waals surface area contributed by atoms with Crippen molar-refractivity contribution >= 4 is 12.0 Å². The third kappa shape index (κ3) is 7.65. The number of likely N-dealkylation sites (tertiary alicyclic amines) is 1. The first-order chi connectivity index (χ1) is 14.6. The molecule has 2 fully saturated rings. The summed E-state index contributed by atoms with van der Waals surface area (Å²) in [6.07, 6.45) is -2.29. The molecule has 1 atom stereocenters. The maximum Gasteiger partial charge on any atom is 0.490 e. The highest BCUT2D eigenvalue weighted by molar-refractivity contribution is 5.75. The lowest BCUT2D eigenvalue weighted by Gasteiger charge is -2.46. The third-order valence-corrected chi connectivity index (χ3v) is 5.58. The maximum absolute atomic E-state index is 13.1. The second-order valence-electron chi connectivity index (χ2n) is 9.73. The molecule has 2 aliphatic heterocycles. The van der Waals surface area contributed by atoms with Crippen LogP contribution >= 0.6 is 0 Å². The van der Waals surface area contributed by atoms with E-state index in [0.29, 0.717) is 12.5 Å². The van der Waals surface area contributed by atoms with Crippen LogP contribution in [0, 0.1) is 5.82 Å². The SMILES string of the molecule is CC1(C)CC(NC(=O)N2CCC(c3ccc(F)cc3)C2)CC(C)(C)N1.O=C(O)C(F)(F)F. The van der Waals surface area contributed by atoms with Gasteiger partial charge in [-0.1, -0.05) is 12.1 Å². The molecule has 2 amide bonds. The lowest BCUT2D eigenvalue weighted by Crippen LogP contribution is -2.62. The number of rotatable bonds is 2. The van der Waals surface area contributed by atoms with E-state index in [1.54, 1.807) is 0 Å². The second kappa shape index (κ2) is 9.64. The van der Waals surface area contributed by atoms with Crippen LogP contribution in [-0.2, 0) is 4.79 Å². The van der Waals surface area contributed by atoms with Crippen molar-refractivity contribution in [1.29, 1.82) is 0 Å². The predicted octanol–water partition coefficient (Wildman–Crippen LogP) is 4.27. The number of nitrogens with one attached hydrogen (secondary N) is 2. The Morgan fingerprint density at radius 3 is 2.06 bits per heavy atom. The van der Waals surface area contributed by atoms with Gasteiger partial charge in [0.15, 0.2) is 0 Å². The van der Waals surface area contributed by atoms with E-state index in [9.17, 15) is 22.4 Å². The summed E-state index contributed by atoms with van der Waals surface area (Å²) in [6, 6.07) is 6.87. The Balaban J connectivity index is 0.000000451. The number of amides is 2. The molecule has 1 aromatic rings. The summed E-state index contributed by atoms with van der Waals surface area (Å²) in [5.41, 5.74) is 1.14. The molecule has 2 heterocycles. The Morgan fingerprint density at radius 1 is 1.09 bits per heavy atom. The van der Waals surface area contributed by atoms with Crippen molar-refractivity contribution < 1.29 is 32.3 Å². The Morgan fingerprint density at radius 2 is 1.59 bits per heavy atom. The molecule has 10 heteroatoms.